The number of ether oxygens (including phenoxy) is 1. The number of esters is 1. The number of carbonyl (C=O) groups is 1. The lowest BCUT2D eigenvalue weighted by molar-refractivity contribution is -0.232. The molecule has 0 heterocycles. The van der Waals surface area contributed by atoms with Crippen LogP contribution in [0, 0.1) is 56.7 Å². The molecule has 0 bridgehead atoms. The number of carbonyl (C=O) groups excluding carboxylic acids is 1. The van der Waals surface area contributed by atoms with Gasteiger partial charge in [-0.1, -0.05) is 77.1 Å². The summed E-state index contributed by atoms with van der Waals surface area (Å²) in [5.74, 6) is 0.807. The summed E-state index contributed by atoms with van der Waals surface area (Å²) in [7, 11) is -5.75. The van der Waals surface area contributed by atoms with Crippen LogP contribution in [-0.2, 0) is 30.4 Å². The molecule has 5 nitrogen and oxygen atoms in total. The van der Waals surface area contributed by atoms with Crippen LogP contribution in [0.4, 0.5) is 13.2 Å². The number of rotatable bonds is 6. The van der Waals surface area contributed by atoms with Crippen LogP contribution in [-0.4, -0.2) is 19.9 Å². The van der Waals surface area contributed by atoms with Gasteiger partial charge in [-0.25, -0.2) is 0 Å². The van der Waals surface area contributed by atoms with E-state index in [1.165, 1.54) is 0 Å². The molecular weight excluding hydrogens is 625 g/mol. The molecule has 47 heavy (non-hydrogen) atoms. The van der Waals surface area contributed by atoms with Crippen LogP contribution in [0.1, 0.15) is 105 Å². The molecule has 260 valence electrons. The fourth-order valence-electron chi connectivity index (χ4n) is 12.3. The molecule has 0 amide bonds. The smallest absolute Gasteiger partial charge is 0.460 e. The molecule has 9 heteroatoms. The SMILES string of the molecule is C=C(C)[C@@H]1CC[C@]2(C(=O)OCc3ccccc3)CC[C@]3(C)[C@H](CC[C@H]4C3(C)CC[C@H]3C(C)(C)C(OS(=O)(=O)C(F)(F)F)=CC[C@@]34C)[C@@H]12. The topological polar surface area (TPSA) is 69.7 Å². The first-order chi connectivity index (χ1) is 21.7. The standard InChI is InChI=1S/C38H51F3O5S/c1-24(2)26-15-20-37(32(42)45-23-25-11-9-8-10-12-25)22-21-35(6)27(31(26)37)13-14-29-34(5)18-17-30(46-47(43,44)38(39,40)41)33(3,4)28(34)16-19-36(29,35)7/h8-12,17,26-29,31H,1,13-16,18-23H2,2-7H3/t26-,27+,28-,29+,31+,34-,35+,36?,37-/m0/s1. The van der Waals surface area contributed by atoms with Crippen molar-refractivity contribution in [3.8, 4) is 0 Å². The average Bonchev–Trinajstić information content (AvgIpc) is 3.39. The average molecular weight is 677 g/mol. The molecule has 0 radical (unpaired) electrons. The largest absolute Gasteiger partial charge is 0.534 e. The number of allylic oxidation sites excluding steroid dienone is 3. The predicted molar refractivity (Wildman–Crippen MR) is 175 cm³/mol. The lowest BCUT2D eigenvalue weighted by Crippen LogP contribution is -2.66. The van der Waals surface area contributed by atoms with Crippen molar-refractivity contribution >= 4 is 16.1 Å². The normalized spacial score (nSPS) is 41.0. The van der Waals surface area contributed by atoms with E-state index in [0.29, 0.717) is 12.3 Å². The number of alkyl halides is 3. The summed E-state index contributed by atoms with van der Waals surface area (Å²) in [6, 6.07) is 9.84. The summed E-state index contributed by atoms with van der Waals surface area (Å²) < 4.78 is 75.0. The molecule has 1 unspecified atom stereocenters. The van der Waals surface area contributed by atoms with Crippen LogP contribution in [0.2, 0.25) is 0 Å². The van der Waals surface area contributed by atoms with Gasteiger partial charge in [0.15, 0.2) is 0 Å². The number of hydrogen-bond acceptors (Lipinski definition) is 5. The van der Waals surface area contributed by atoms with Crippen molar-refractivity contribution in [3.63, 3.8) is 0 Å². The highest BCUT2D eigenvalue weighted by atomic mass is 32.2. The third-order valence-corrected chi connectivity index (χ3v) is 15.6. The highest BCUT2D eigenvalue weighted by Gasteiger charge is 2.72. The quantitative estimate of drug-likeness (QED) is 0.130. The van der Waals surface area contributed by atoms with Gasteiger partial charge in [0.1, 0.15) is 12.4 Å². The van der Waals surface area contributed by atoms with Gasteiger partial charge in [-0.3, -0.25) is 4.79 Å². The van der Waals surface area contributed by atoms with E-state index in [0.717, 1.165) is 62.5 Å². The maximum absolute atomic E-state index is 14.2. The molecule has 0 aliphatic heterocycles. The van der Waals surface area contributed by atoms with E-state index in [2.05, 4.69) is 34.3 Å². The van der Waals surface area contributed by atoms with E-state index < -0.39 is 26.5 Å². The van der Waals surface area contributed by atoms with Crippen LogP contribution in [0.5, 0.6) is 0 Å². The van der Waals surface area contributed by atoms with Crippen LogP contribution in [0.3, 0.4) is 0 Å². The summed E-state index contributed by atoms with van der Waals surface area (Å²) in [5, 5.41) is 0. The lowest BCUT2D eigenvalue weighted by atomic mass is 9.32. The highest BCUT2D eigenvalue weighted by Crippen LogP contribution is 2.77. The van der Waals surface area contributed by atoms with Gasteiger partial charge < -0.3 is 8.92 Å². The van der Waals surface area contributed by atoms with E-state index in [1.54, 1.807) is 6.08 Å². The fourth-order valence-corrected chi connectivity index (χ4v) is 12.9. The molecule has 4 saturated carbocycles. The molecule has 1 aromatic carbocycles. The maximum atomic E-state index is 14.2. The minimum atomic E-state index is -5.75. The number of benzene rings is 1. The molecule has 0 saturated heterocycles. The zero-order valence-electron chi connectivity index (χ0n) is 28.7. The van der Waals surface area contributed by atoms with Gasteiger partial charge in [0, 0.05) is 5.41 Å². The van der Waals surface area contributed by atoms with E-state index in [9.17, 15) is 26.4 Å². The van der Waals surface area contributed by atoms with Gasteiger partial charge in [0.05, 0.1) is 5.41 Å². The summed E-state index contributed by atoms with van der Waals surface area (Å²) in [4.78, 5) is 14.2. The van der Waals surface area contributed by atoms with Crippen molar-refractivity contribution in [1.82, 2.24) is 0 Å². The van der Waals surface area contributed by atoms with E-state index in [1.807, 2.05) is 44.2 Å². The minimum absolute atomic E-state index is 0.0399. The molecule has 0 spiro atoms. The van der Waals surface area contributed by atoms with E-state index >= 15 is 0 Å². The van der Waals surface area contributed by atoms with Crippen molar-refractivity contribution < 1.29 is 35.3 Å². The molecule has 1 aromatic rings. The minimum Gasteiger partial charge on any atom is -0.460 e. The molecule has 9 atom stereocenters. The Morgan fingerprint density at radius 1 is 0.915 bits per heavy atom. The Balaban J connectivity index is 1.32. The Kier molecular flexibility index (Phi) is 8.17. The summed E-state index contributed by atoms with van der Waals surface area (Å²) in [6.45, 7) is 17.6. The van der Waals surface area contributed by atoms with Gasteiger partial charge in [0.2, 0.25) is 0 Å². The molecular formula is C38H51F3O5S. The Morgan fingerprint density at radius 2 is 1.60 bits per heavy atom. The Labute approximate surface area is 278 Å². The monoisotopic (exact) mass is 676 g/mol. The van der Waals surface area contributed by atoms with Crippen LogP contribution >= 0.6 is 0 Å². The fraction of sp³-hybridized carbons (Fsp3) is 0.711. The van der Waals surface area contributed by atoms with Crippen molar-refractivity contribution in [2.45, 2.75) is 111 Å². The Morgan fingerprint density at radius 3 is 2.23 bits per heavy atom. The first kappa shape index (κ1) is 34.6. The lowest BCUT2D eigenvalue weighted by Gasteiger charge is -2.72. The molecule has 5 aliphatic carbocycles. The molecule has 0 aromatic heterocycles. The summed E-state index contributed by atoms with van der Waals surface area (Å²) in [5.41, 5.74) is -5.13. The summed E-state index contributed by atoms with van der Waals surface area (Å²) in [6.07, 6.45) is 9.14. The zero-order valence-corrected chi connectivity index (χ0v) is 29.5. The molecule has 6 rings (SSSR count). The maximum Gasteiger partial charge on any atom is 0.534 e. The Bertz CT molecular complexity index is 1570. The van der Waals surface area contributed by atoms with Crippen LogP contribution in [0.15, 0.2) is 54.3 Å². The predicted octanol–water partition coefficient (Wildman–Crippen LogP) is 9.75. The molecule has 5 aliphatic rings. The third-order valence-electron chi connectivity index (χ3n) is 14.7. The van der Waals surface area contributed by atoms with E-state index in [4.69, 9.17) is 8.92 Å². The number of hydrogen-bond donors (Lipinski definition) is 0. The van der Waals surface area contributed by atoms with E-state index in [-0.39, 0.29) is 58.3 Å². The second-order valence-corrected chi connectivity index (χ2v) is 18.4. The first-order valence-electron chi connectivity index (χ1n) is 17.3. The van der Waals surface area contributed by atoms with Crippen molar-refractivity contribution in [1.29, 1.82) is 0 Å². The van der Waals surface area contributed by atoms with Crippen molar-refractivity contribution in [3.05, 3.63) is 59.9 Å². The van der Waals surface area contributed by atoms with Crippen LogP contribution < -0.4 is 0 Å². The van der Waals surface area contributed by atoms with Gasteiger partial charge in [-0.05, 0) is 122 Å². The summed E-state index contributed by atoms with van der Waals surface area (Å²) >= 11 is 0. The zero-order chi connectivity index (χ0) is 34.4. The Hall–Kier alpha value is -2.29. The number of halogens is 3. The second-order valence-electron chi connectivity index (χ2n) is 16.9. The first-order valence-corrected chi connectivity index (χ1v) is 18.7. The third kappa shape index (κ3) is 4.97. The van der Waals surface area contributed by atoms with Gasteiger partial charge >= 0.3 is 21.6 Å². The van der Waals surface area contributed by atoms with Crippen LogP contribution in [0.25, 0.3) is 0 Å². The van der Waals surface area contributed by atoms with Gasteiger partial charge in [0.25, 0.3) is 0 Å². The van der Waals surface area contributed by atoms with Gasteiger partial charge in [-0.15, -0.1) is 0 Å². The van der Waals surface area contributed by atoms with Crippen molar-refractivity contribution in [2.24, 2.45) is 56.7 Å². The molecule has 0 N–H and O–H groups in total. The second kappa shape index (κ2) is 11.1. The number of fused-ring (bicyclic) bond motifs is 7. The van der Waals surface area contributed by atoms with Crippen molar-refractivity contribution in [2.75, 3.05) is 0 Å². The molecule has 4 fully saturated rings. The van der Waals surface area contributed by atoms with Gasteiger partial charge in [-0.2, -0.15) is 21.6 Å². The highest BCUT2D eigenvalue weighted by molar-refractivity contribution is 7.87.